The second-order valence-electron chi connectivity index (χ2n) is 4.28. The second kappa shape index (κ2) is 8.46. The molecule has 1 aliphatic rings. The van der Waals surface area contributed by atoms with Crippen molar-refractivity contribution in [3.8, 4) is 0 Å². The van der Waals surface area contributed by atoms with Gasteiger partial charge in [0.05, 0.1) is 6.61 Å². The first kappa shape index (κ1) is 18.9. The number of aliphatic hydroxyl groups excluding tert-OH is 2. The monoisotopic (exact) mass is 339 g/mol. The molecule has 7 N–H and O–H groups in total. The van der Waals surface area contributed by atoms with Crippen LogP contribution in [0.15, 0.2) is 21.9 Å². The van der Waals surface area contributed by atoms with Gasteiger partial charge >= 0.3 is 5.69 Å². The van der Waals surface area contributed by atoms with Crippen molar-refractivity contribution in [3.63, 3.8) is 0 Å². The molecular formula is C10H18N3O8P. The summed E-state index contributed by atoms with van der Waals surface area (Å²) in [6, 6.07) is 1.16. The smallest absolute Gasteiger partial charge is 0.330 e. The Hall–Kier alpha value is -1.17. The molecule has 2 rings (SSSR count). The maximum absolute atomic E-state index is 11.6. The van der Waals surface area contributed by atoms with Crippen LogP contribution in [0.1, 0.15) is 6.23 Å². The van der Waals surface area contributed by atoms with Gasteiger partial charge in [-0.15, -0.1) is 0 Å². The van der Waals surface area contributed by atoms with Gasteiger partial charge in [-0.3, -0.25) is 19.8 Å². The molecule has 126 valence electrons. The summed E-state index contributed by atoms with van der Waals surface area (Å²) >= 11 is 0. The Kier molecular flexibility index (Phi) is 7.26. The van der Waals surface area contributed by atoms with Crippen LogP contribution < -0.4 is 16.8 Å². The van der Waals surface area contributed by atoms with E-state index in [-0.39, 0.29) is 0 Å². The van der Waals surface area contributed by atoms with Gasteiger partial charge in [0.2, 0.25) is 8.53 Å². The van der Waals surface area contributed by atoms with Crippen LogP contribution in [0.3, 0.4) is 0 Å². The van der Waals surface area contributed by atoms with Crippen molar-refractivity contribution in [1.29, 1.82) is 0 Å². The van der Waals surface area contributed by atoms with E-state index in [4.69, 9.17) is 24.4 Å². The Morgan fingerprint density at radius 3 is 2.55 bits per heavy atom. The lowest BCUT2D eigenvalue weighted by molar-refractivity contribution is -0.0625. The largest absolute Gasteiger partial charge is 0.394 e. The summed E-state index contributed by atoms with van der Waals surface area (Å²) in [5, 5.41) is 18.9. The zero-order valence-corrected chi connectivity index (χ0v) is 12.5. The Morgan fingerprint density at radius 1 is 1.50 bits per heavy atom. The van der Waals surface area contributed by atoms with Gasteiger partial charge in [0.15, 0.2) is 6.23 Å². The van der Waals surface area contributed by atoms with Crippen LogP contribution in [0, 0.1) is 0 Å². The van der Waals surface area contributed by atoms with E-state index in [1.54, 1.807) is 0 Å². The van der Waals surface area contributed by atoms with Gasteiger partial charge in [0.25, 0.3) is 5.56 Å². The van der Waals surface area contributed by atoms with Gasteiger partial charge in [0.1, 0.15) is 18.3 Å². The summed E-state index contributed by atoms with van der Waals surface area (Å²) in [5.74, 6) is 0. The van der Waals surface area contributed by atoms with Crippen molar-refractivity contribution in [2.24, 2.45) is 5.50 Å². The number of aromatic nitrogens is 2. The van der Waals surface area contributed by atoms with Crippen molar-refractivity contribution in [1.82, 2.24) is 9.55 Å². The molecule has 12 heteroatoms. The first-order chi connectivity index (χ1) is 10.3. The molecule has 4 atom stereocenters. The van der Waals surface area contributed by atoms with Crippen molar-refractivity contribution in [2.75, 3.05) is 13.7 Å². The lowest BCUT2D eigenvalue weighted by atomic mass is 10.1. The predicted molar refractivity (Wildman–Crippen MR) is 74.7 cm³/mol. The number of hydrogen-bond acceptors (Lipinski definition) is 9. The van der Waals surface area contributed by atoms with Gasteiger partial charge < -0.3 is 29.5 Å². The van der Waals surface area contributed by atoms with Crippen LogP contribution in [0.2, 0.25) is 0 Å². The number of nitrogens with one attached hydrogen (secondary N) is 1. The van der Waals surface area contributed by atoms with E-state index in [0.717, 1.165) is 10.6 Å². The minimum Gasteiger partial charge on any atom is -0.394 e. The molecule has 0 amide bonds. The highest BCUT2D eigenvalue weighted by Crippen LogP contribution is 2.29. The standard InChI is InChI=1S/C10H14N2O6.H4NO2P/c1-17-8-7(15)5(4-13)18-9(8)12-3-2-6(14)11-10(12)16;1-4(2)3/h2-3,5,7-9,13,15H,4H2,1H3,(H,11,14,16);2-3H,1H2/t5-,7-,8+,9-;/m1./s1. The molecule has 0 aliphatic carbocycles. The molecule has 1 fully saturated rings. The predicted octanol–water partition coefficient (Wildman–Crippen LogP) is -3.04. The minimum atomic E-state index is -2.12. The number of nitrogens with zero attached hydrogens (tertiary/aromatic N) is 1. The second-order valence-corrected chi connectivity index (χ2v) is 4.92. The summed E-state index contributed by atoms with van der Waals surface area (Å²) in [7, 11) is -0.759. The van der Waals surface area contributed by atoms with Gasteiger partial charge in [-0.1, -0.05) is 0 Å². The third-order valence-electron chi connectivity index (χ3n) is 2.89. The average molecular weight is 339 g/mol. The molecular weight excluding hydrogens is 321 g/mol. The van der Waals surface area contributed by atoms with Crippen molar-refractivity contribution >= 4 is 8.53 Å². The molecule has 0 saturated carbocycles. The molecule has 1 saturated heterocycles. The number of aliphatic hydroxyl groups is 2. The molecule has 0 aromatic carbocycles. The number of methoxy groups -OCH3 is 1. The number of hydrogen-bond donors (Lipinski definition) is 6. The molecule has 0 bridgehead atoms. The fraction of sp³-hybridized carbons (Fsp3) is 0.600. The van der Waals surface area contributed by atoms with E-state index >= 15 is 0 Å². The molecule has 1 aromatic rings. The Balaban J connectivity index is 0.000000541. The number of H-pyrrole nitrogens is 1. The summed E-state index contributed by atoms with van der Waals surface area (Å²) in [4.78, 5) is 39.6. The highest BCUT2D eigenvalue weighted by molar-refractivity contribution is 7.42. The summed E-state index contributed by atoms with van der Waals surface area (Å²) in [6.07, 6.45) is -2.33. The van der Waals surface area contributed by atoms with Gasteiger partial charge in [0, 0.05) is 19.4 Å². The normalized spacial score (nSPS) is 27.6. The molecule has 22 heavy (non-hydrogen) atoms. The van der Waals surface area contributed by atoms with Crippen LogP contribution in [0.5, 0.6) is 0 Å². The Morgan fingerprint density at radius 2 is 2.09 bits per heavy atom. The Bertz CT molecular complexity index is 573. The van der Waals surface area contributed by atoms with E-state index in [1.165, 1.54) is 13.3 Å². The van der Waals surface area contributed by atoms with Gasteiger partial charge in [-0.05, 0) is 0 Å². The van der Waals surface area contributed by atoms with E-state index in [0.29, 0.717) is 0 Å². The summed E-state index contributed by atoms with van der Waals surface area (Å²) < 4.78 is 11.5. The highest BCUT2D eigenvalue weighted by Gasteiger charge is 2.45. The zero-order chi connectivity index (χ0) is 16.9. The number of aromatic amines is 1. The molecule has 1 aromatic heterocycles. The topological polar surface area (TPSA) is 180 Å². The maximum atomic E-state index is 11.6. The first-order valence-corrected chi connectivity index (χ1v) is 7.34. The zero-order valence-electron chi connectivity index (χ0n) is 11.6. The van der Waals surface area contributed by atoms with E-state index in [2.05, 4.69) is 10.5 Å². The third kappa shape index (κ3) is 4.66. The lowest BCUT2D eigenvalue weighted by Crippen LogP contribution is -2.38. The fourth-order valence-corrected chi connectivity index (χ4v) is 1.98. The van der Waals surface area contributed by atoms with Crippen LogP contribution in [-0.4, -0.2) is 61.6 Å². The van der Waals surface area contributed by atoms with Crippen LogP contribution in [-0.2, 0) is 9.47 Å². The minimum absolute atomic E-state index is 0.393. The van der Waals surface area contributed by atoms with Gasteiger partial charge in [-0.25, -0.2) is 4.79 Å². The average Bonchev–Trinajstić information content (AvgIpc) is 2.74. The van der Waals surface area contributed by atoms with E-state index in [1.807, 2.05) is 0 Å². The fourth-order valence-electron chi connectivity index (χ4n) is 1.98. The molecule has 0 spiro atoms. The summed E-state index contributed by atoms with van der Waals surface area (Å²) in [5.41, 5.74) is 3.10. The molecule has 1 aliphatic heterocycles. The third-order valence-corrected chi connectivity index (χ3v) is 2.89. The van der Waals surface area contributed by atoms with Crippen LogP contribution in [0.25, 0.3) is 0 Å². The van der Waals surface area contributed by atoms with Crippen LogP contribution >= 0.6 is 8.53 Å². The maximum Gasteiger partial charge on any atom is 0.330 e. The Labute approximate surface area is 125 Å². The lowest BCUT2D eigenvalue weighted by Gasteiger charge is -2.19. The van der Waals surface area contributed by atoms with Crippen LogP contribution in [0.4, 0.5) is 0 Å². The van der Waals surface area contributed by atoms with Crippen molar-refractivity contribution in [2.45, 2.75) is 24.5 Å². The van der Waals surface area contributed by atoms with E-state index < -0.39 is 50.9 Å². The van der Waals surface area contributed by atoms with Crippen molar-refractivity contribution in [3.05, 3.63) is 33.1 Å². The first-order valence-electron chi connectivity index (χ1n) is 6.03. The highest BCUT2D eigenvalue weighted by atomic mass is 31.2. The molecule has 11 nitrogen and oxygen atoms in total. The SMILES string of the molecule is CO[C@H]1[C@H](O)[C@@H](CO)O[C@H]1n1ccc(=O)[nH]c1=O.NP(O)O. The number of nitrogens with two attached hydrogens (primary N) is 1. The van der Waals surface area contributed by atoms with Crippen molar-refractivity contribution < 1.29 is 29.5 Å². The number of rotatable bonds is 3. The molecule has 2 heterocycles. The van der Waals surface area contributed by atoms with E-state index in [9.17, 15) is 14.7 Å². The van der Waals surface area contributed by atoms with Gasteiger partial charge in [-0.2, -0.15) is 0 Å². The summed E-state index contributed by atoms with van der Waals surface area (Å²) in [6.45, 7) is -0.393. The quantitative estimate of drug-likeness (QED) is 0.312. The number of ether oxygens (including phenoxy) is 2. The molecule has 0 unspecified atom stereocenters. The molecule has 0 radical (unpaired) electrons.